The fourth-order valence-electron chi connectivity index (χ4n) is 2.95. The molecular formula is C22H28N6O3S2. The Morgan fingerprint density at radius 2 is 1.88 bits per heavy atom. The van der Waals surface area contributed by atoms with Gasteiger partial charge in [-0.3, -0.25) is 9.48 Å². The van der Waals surface area contributed by atoms with E-state index in [2.05, 4.69) is 51.8 Å². The molecule has 0 radical (unpaired) electrons. The number of benzene rings is 1. The van der Waals surface area contributed by atoms with Crippen molar-refractivity contribution in [3.8, 4) is 0 Å². The van der Waals surface area contributed by atoms with Crippen LogP contribution in [-0.4, -0.2) is 48.3 Å². The molecule has 2 aromatic heterocycles. The topological polar surface area (TPSA) is 104 Å². The van der Waals surface area contributed by atoms with Crippen LogP contribution in [0, 0.1) is 6.92 Å². The molecule has 2 heterocycles. The lowest BCUT2D eigenvalue weighted by molar-refractivity contribution is -0.115. The lowest BCUT2D eigenvalue weighted by Crippen LogP contribution is -2.27. The highest BCUT2D eigenvalue weighted by atomic mass is 32.2. The SMILES string of the molecule is CCOC(=O)c1cnn(C)c1NC(=O)C(CC)Sc1nnc(CSc2ccc(C)cc2)n1C. The van der Waals surface area contributed by atoms with Crippen molar-refractivity contribution in [1.29, 1.82) is 0 Å². The number of nitrogens with zero attached hydrogens (tertiary/aromatic N) is 5. The van der Waals surface area contributed by atoms with E-state index in [-0.39, 0.29) is 18.1 Å². The molecule has 1 unspecified atom stereocenters. The molecule has 0 bridgehead atoms. The lowest BCUT2D eigenvalue weighted by Gasteiger charge is -2.15. The Kier molecular flexibility index (Phi) is 8.56. The summed E-state index contributed by atoms with van der Waals surface area (Å²) in [5, 5.41) is 15.7. The van der Waals surface area contributed by atoms with Gasteiger partial charge in [0.1, 0.15) is 17.2 Å². The molecule has 0 aliphatic carbocycles. The first-order valence-corrected chi connectivity index (χ1v) is 12.4. The largest absolute Gasteiger partial charge is 0.462 e. The standard InChI is InChI=1S/C22H28N6O3S2/c1-6-17(20(29)24-19-16(12-23-28(19)5)21(30)31-7-2)33-22-26-25-18(27(22)4)13-32-15-10-8-14(3)9-11-15/h8-12,17H,6-7,13H2,1-5H3,(H,24,29). The average molecular weight is 489 g/mol. The molecule has 1 amide bonds. The van der Waals surface area contributed by atoms with Crippen LogP contribution in [0.15, 0.2) is 40.5 Å². The van der Waals surface area contributed by atoms with Gasteiger partial charge in [-0.15, -0.1) is 22.0 Å². The Hall–Kier alpha value is -2.79. The average Bonchev–Trinajstić information content (AvgIpc) is 3.34. The molecule has 33 heavy (non-hydrogen) atoms. The van der Waals surface area contributed by atoms with Gasteiger partial charge in [-0.25, -0.2) is 4.79 Å². The molecule has 9 nitrogen and oxygen atoms in total. The summed E-state index contributed by atoms with van der Waals surface area (Å²) < 4.78 is 8.41. The van der Waals surface area contributed by atoms with Crippen molar-refractivity contribution in [2.45, 2.75) is 48.2 Å². The number of anilines is 1. The van der Waals surface area contributed by atoms with Crippen LogP contribution in [-0.2, 0) is 29.4 Å². The van der Waals surface area contributed by atoms with Crippen LogP contribution in [0.5, 0.6) is 0 Å². The highest BCUT2D eigenvalue weighted by molar-refractivity contribution is 8.00. The lowest BCUT2D eigenvalue weighted by atomic mass is 10.2. The maximum atomic E-state index is 13.0. The third-order valence-corrected chi connectivity index (χ3v) is 7.31. The van der Waals surface area contributed by atoms with Crippen molar-refractivity contribution in [2.24, 2.45) is 14.1 Å². The van der Waals surface area contributed by atoms with Crippen LogP contribution >= 0.6 is 23.5 Å². The van der Waals surface area contributed by atoms with Crippen LogP contribution in [0.1, 0.15) is 42.0 Å². The third-order valence-electron chi connectivity index (χ3n) is 4.90. The number of rotatable bonds is 10. The minimum Gasteiger partial charge on any atom is -0.462 e. The molecule has 11 heteroatoms. The van der Waals surface area contributed by atoms with Gasteiger partial charge >= 0.3 is 5.97 Å². The predicted octanol–water partition coefficient (Wildman–Crippen LogP) is 3.84. The van der Waals surface area contributed by atoms with Gasteiger partial charge in [0.25, 0.3) is 0 Å². The molecule has 3 aromatic rings. The molecule has 1 atom stereocenters. The maximum absolute atomic E-state index is 13.0. The van der Waals surface area contributed by atoms with Gasteiger partial charge in [0.05, 0.1) is 23.8 Å². The van der Waals surface area contributed by atoms with E-state index in [4.69, 9.17) is 4.74 Å². The summed E-state index contributed by atoms with van der Waals surface area (Å²) >= 11 is 3.03. The van der Waals surface area contributed by atoms with Crippen LogP contribution < -0.4 is 5.32 Å². The van der Waals surface area contributed by atoms with Crippen molar-refractivity contribution in [1.82, 2.24) is 24.5 Å². The number of hydrogen-bond donors (Lipinski definition) is 1. The second kappa shape index (κ2) is 11.4. The van der Waals surface area contributed by atoms with E-state index < -0.39 is 11.2 Å². The number of carbonyl (C=O) groups excluding carboxylic acids is 2. The fraction of sp³-hybridized carbons (Fsp3) is 0.409. The number of carbonyl (C=O) groups is 2. The molecule has 0 fully saturated rings. The number of aryl methyl sites for hydroxylation is 2. The molecule has 0 spiro atoms. The van der Waals surface area contributed by atoms with Gasteiger partial charge in [-0.2, -0.15) is 5.10 Å². The van der Waals surface area contributed by atoms with E-state index >= 15 is 0 Å². The molecule has 0 saturated heterocycles. The number of esters is 1. The zero-order chi connectivity index (χ0) is 24.0. The van der Waals surface area contributed by atoms with Crippen molar-refractivity contribution in [3.05, 3.63) is 47.4 Å². The van der Waals surface area contributed by atoms with Crippen LogP contribution in [0.3, 0.4) is 0 Å². The molecule has 176 valence electrons. The van der Waals surface area contributed by atoms with Crippen LogP contribution in [0.4, 0.5) is 5.82 Å². The molecule has 1 N–H and O–H groups in total. The smallest absolute Gasteiger partial charge is 0.343 e. The minimum absolute atomic E-state index is 0.224. The highest BCUT2D eigenvalue weighted by Crippen LogP contribution is 2.28. The Morgan fingerprint density at radius 1 is 1.15 bits per heavy atom. The van der Waals surface area contributed by atoms with Gasteiger partial charge in [0.2, 0.25) is 5.91 Å². The Labute approximate surface area is 201 Å². The van der Waals surface area contributed by atoms with Crippen molar-refractivity contribution in [2.75, 3.05) is 11.9 Å². The summed E-state index contributed by atoms with van der Waals surface area (Å²) in [7, 11) is 3.56. The van der Waals surface area contributed by atoms with Gasteiger partial charge < -0.3 is 14.6 Å². The fourth-order valence-corrected chi connectivity index (χ4v) is 4.76. The third kappa shape index (κ3) is 6.17. The molecule has 0 aliphatic heterocycles. The van der Waals surface area contributed by atoms with E-state index in [0.29, 0.717) is 23.1 Å². The second-order valence-electron chi connectivity index (χ2n) is 7.31. The molecular weight excluding hydrogens is 460 g/mol. The number of nitrogens with one attached hydrogen (secondary N) is 1. The molecule has 0 saturated carbocycles. The quantitative estimate of drug-likeness (QED) is 0.339. The Bertz CT molecular complexity index is 1110. The number of aromatic nitrogens is 5. The number of ether oxygens (including phenoxy) is 1. The summed E-state index contributed by atoms with van der Waals surface area (Å²) in [6.45, 7) is 5.96. The monoisotopic (exact) mass is 488 g/mol. The maximum Gasteiger partial charge on any atom is 0.343 e. The number of amides is 1. The van der Waals surface area contributed by atoms with E-state index in [0.717, 1.165) is 10.7 Å². The van der Waals surface area contributed by atoms with Crippen LogP contribution in [0.25, 0.3) is 0 Å². The normalized spacial score (nSPS) is 11.9. The van der Waals surface area contributed by atoms with Crippen molar-refractivity contribution in [3.63, 3.8) is 0 Å². The van der Waals surface area contributed by atoms with E-state index in [1.165, 1.54) is 28.2 Å². The van der Waals surface area contributed by atoms with Crippen molar-refractivity contribution < 1.29 is 14.3 Å². The minimum atomic E-state index is -0.523. The first-order valence-electron chi connectivity index (χ1n) is 10.6. The van der Waals surface area contributed by atoms with Gasteiger partial charge in [0.15, 0.2) is 5.16 Å². The summed E-state index contributed by atoms with van der Waals surface area (Å²) in [5.74, 6) is 1.05. The van der Waals surface area contributed by atoms with Crippen molar-refractivity contribution >= 4 is 41.2 Å². The molecule has 1 aromatic carbocycles. The zero-order valence-electron chi connectivity index (χ0n) is 19.4. The first kappa shape index (κ1) is 24.8. The Morgan fingerprint density at radius 3 is 2.55 bits per heavy atom. The number of hydrogen-bond acceptors (Lipinski definition) is 8. The van der Waals surface area contributed by atoms with Gasteiger partial charge in [0, 0.05) is 19.0 Å². The Balaban J connectivity index is 1.66. The highest BCUT2D eigenvalue weighted by Gasteiger charge is 2.25. The van der Waals surface area contributed by atoms with Gasteiger partial charge in [-0.05, 0) is 32.4 Å². The van der Waals surface area contributed by atoms with E-state index in [9.17, 15) is 9.59 Å². The van der Waals surface area contributed by atoms with Crippen LogP contribution in [0.2, 0.25) is 0 Å². The van der Waals surface area contributed by atoms with E-state index in [1.54, 1.807) is 25.7 Å². The van der Waals surface area contributed by atoms with E-state index in [1.807, 2.05) is 18.5 Å². The predicted molar refractivity (Wildman–Crippen MR) is 129 cm³/mol. The summed E-state index contributed by atoms with van der Waals surface area (Å²) in [5.41, 5.74) is 1.45. The summed E-state index contributed by atoms with van der Waals surface area (Å²) in [6, 6.07) is 8.35. The second-order valence-corrected chi connectivity index (χ2v) is 9.53. The summed E-state index contributed by atoms with van der Waals surface area (Å²) in [6.07, 6.45) is 1.96. The summed E-state index contributed by atoms with van der Waals surface area (Å²) in [4.78, 5) is 26.3. The zero-order valence-corrected chi connectivity index (χ0v) is 21.0. The number of thioether (sulfide) groups is 2. The first-order chi connectivity index (χ1) is 15.8. The molecule has 3 rings (SSSR count). The molecule has 0 aliphatic rings. The van der Waals surface area contributed by atoms with Gasteiger partial charge in [-0.1, -0.05) is 36.4 Å².